The fourth-order valence-electron chi connectivity index (χ4n) is 2.65. The van der Waals surface area contributed by atoms with Crippen molar-refractivity contribution >= 4 is 34.1 Å². The van der Waals surface area contributed by atoms with E-state index >= 15 is 0 Å². The third kappa shape index (κ3) is 2.84. The minimum absolute atomic E-state index is 0.0168. The molecule has 0 aliphatic heterocycles. The summed E-state index contributed by atoms with van der Waals surface area (Å²) in [5.41, 5.74) is 0.155. The number of aromatic hydroxyl groups is 1. The fraction of sp³-hybridized carbons (Fsp3) is 0.176. The number of carbonyl (C=O) groups is 2. The summed E-state index contributed by atoms with van der Waals surface area (Å²) in [6.07, 6.45) is -2.71. The molecule has 9 heteroatoms. The summed E-state index contributed by atoms with van der Waals surface area (Å²) in [4.78, 5) is 23.9. The second-order valence-corrected chi connectivity index (χ2v) is 6.56. The van der Waals surface area contributed by atoms with Crippen molar-refractivity contribution in [3.63, 3.8) is 0 Å². The lowest BCUT2D eigenvalue weighted by atomic mass is 10.2. The smallest absolute Gasteiger partial charge is 0.308 e. The molecule has 0 atom stereocenters. The van der Waals surface area contributed by atoms with Gasteiger partial charge in [0.15, 0.2) is 17.3 Å². The van der Waals surface area contributed by atoms with Crippen LogP contribution in [0.15, 0.2) is 24.3 Å². The molecule has 0 fully saturated rings. The van der Waals surface area contributed by atoms with Crippen molar-refractivity contribution in [2.24, 2.45) is 0 Å². The molecule has 0 radical (unpaired) electrons. The van der Waals surface area contributed by atoms with Crippen molar-refractivity contribution in [3.8, 4) is 11.5 Å². The number of aromatic nitrogens is 1. The SMILES string of the molecule is CC(=O)Oc1c(C)n(C(=O)c2ccc(C(F)F)s2)c2ccc(O)c(F)c12. The van der Waals surface area contributed by atoms with Gasteiger partial charge in [0, 0.05) is 6.92 Å². The first-order chi connectivity index (χ1) is 12.2. The van der Waals surface area contributed by atoms with Gasteiger partial charge in [-0.2, -0.15) is 0 Å². The number of hydrogen-bond donors (Lipinski definition) is 1. The molecule has 1 N–H and O–H groups in total. The molecule has 3 aromatic rings. The highest BCUT2D eigenvalue weighted by Gasteiger charge is 2.27. The average molecular weight is 383 g/mol. The normalized spacial score (nSPS) is 11.3. The molecular formula is C17H12F3NO4S. The molecule has 2 aromatic heterocycles. The summed E-state index contributed by atoms with van der Waals surface area (Å²) in [7, 11) is 0. The second-order valence-electron chi connectivity index (χ2n) is 5.44. The predicted octanol–water partition coefficient (Wildman–Crippen LogP) is 4.41. The largest absolute Gasteiger partial charge is 0.505 e. The number of rotatable bonds is 3. The van der Waals surface area contributed by atoms with Gasteiger partial charge in [0.1, 0.15) is 0 Å². The Balaban J connectivity index is 2.25. The quantitative estimate of drug-likeness (QED) is 0.681. The maximum absolute atomic E-state index is 14.4. The fourth-order valence-corrected chi connectivity index (χ4v) is 3.44. The molecule has 0 amide bonds. The van der Waals surface area contributed by atoms with Crippen LogP contribution in [0.3, 0.4) is 0 Å². The monoisotopic (exact) mass is 383 g/mol. The lowest BCUT2D eigenvalue weighted by molar-refractivity contribution is -0.131. The van der Waals surface area contributed by atoms with Crippen LogP contribution in [0.4, 0.5) is 13.2 Å². The van der Waals surface area contributed by atoms with Gasteiger partial charge in [-0.15, -0.1) is 11.3 Å². The number of phenolic OH excluding ortho intramolecular Hbond substituents is 1. The highest BCUT2D eigenvalue weighted by molar-refractivity contribution is 7.14. The van der Waals surface area contributed by atoms with E-state index < -0.39 is 29.9 Å². The van der Waals surface area contributed by atoms with Crippen LogP contribution in [0.2, 0.25) is 0 Å². The van der Waals surface area contributed by atoms with E-state index in [4.69, 9.17) is 4.74 Å². The molecule has 5 nitrogen and oxygen atoms in total. The van der Waals surface area contributed by atoms with Gasteiger partial charge in [-0.3, -0.25) is 14.2 Å². The first-order valence-corrected chi connectivity index (χ1v) is 8.17. The Labute approximate surface area is 149 Å². The Bertz CT molecular complexity index is 1040. The Morgan fingerprint density at radius 2 is 1.92 bits per heavy atom. The maximum Gasteiger partial charge on any atom is 0.308 e. The van der Waals surface area contributed by atoms with Crippen molar-refractivity contribution in [2.75, 3.05) is 0 Å². The summed E-state index contributed by atoms with van der Waals surface area (Å²) in [6.45, 7) is 2.54. The molecule has 2 heterocycles. The Kier molecular flexibility index (Phi) is 4.49. The highest BCUT2D eigenvalue weighted by Crippen LogP contribution is 2.39. The van der Waals surface area contributed by atoms with Gasteiger partial charge in [0.2, 0.25) is 0 Å². The number of phenols is 1. The number of carbonyl (C=O) groups excluding carboxylic acids is 2. The van der Waals surface area contributed by atoms with Crippen molar-refractivity contribution in [1.29, 1.82) is 0 Å². The van der Waals surface area contributed by atoms with E-state index in [1.54, 1.807) is 0 Å². The average Bonchev–Trinajstić information content (AvgIpc) is 3.15. The summed E-state index contributed by atoms with van der Waals surface area (Å²) < 4.78 is 46.1. The van der Waals surface area contributed by atoms with Crippen molar-refractivity contribution < 1.29 is 32.6 Å². The van der Waals surface area contributed by atoms with Crippen LogP contribution in [0.25, 0.3) is 10.9 Å². The van der Waals surface area contributed by atoms with Crippen LogP contribution in [0.5, 0.6) is 11.5 Å². The second kappa shape index (κ2) is 6.49. The molecule has 0 aliphatic carbocycles. The molecule has 26 heavy (non-hydrogen) atoms. The molecule has 136 valence electrons. The van der Waals surface area contributed by atoms with Gasteiger partial charge < -0.3 is 9.84 Å². The van der Waals surface area contributed by atoms with Gasteiger partial charge >= 0.3 is 5.97 Å². The molecule has 1 aromatic carbocycles. The van der Waals surface area contributed by atoms with E-state index in [-0.39, 0.29) is 32.1 Å². The van der Waals surface area contributed by atoms with Gasteiger partial charge in [0.05, 0.1) is 26.4 Å². The van der Waals surface area contributed by atoms with E-state index in [0.29, 0.717) is 11.3 Å². The minimum atomic E-state index is -2.71. The standard InChI is InChI=1S/C17H12F3NO4S/c1-7-15(25-8(2)22)13-9(3-4-10(23)14(13)18)21(7)17(24)12-6-5-11(26-12)16(19)20/h3-6,16,23H,1-2H3. The maximum atomic E-state index is 14.4. The Morgan fingerprint density at radius 1 is 1.23 bits per heavy atom. The molecule has 0 saturated heterocycles. The number of esters is 1. The van der Waals surface area contributed by atoms with Gasteiger partial charge in [-0.25, -0.2) is 13.2 Å². The zero-order valence-electron chi connectivity index (χ0n) is 13.5. The molecular weight excluding hydrogens is 371 g/mol. The van der Waals surface area contributed by atoms with Gasteiger partial charge in [-0.1, -0.05) is 0 Å². The van der Waals surface area contributed by atoms with Crippen molar-refractivity contribution in [1.82, 2.24) is 4.57 Å². The zero-order valence-corrected chi connectivity index (χ0v) is 14.4. The number of alkyl halides is 2. The van der Waals surface area contributed by atoms with E-state index in [9.17, 15) is 27.9 Å². The van der Waals surface area contributed by atoms with E-state index in [1.165, 1.54) is 19.1 Å². The third-order valence-corrected chi connectivity index (χ3v) is 4.81. The Morgan fingerprint density at radius 3 is 2.50 bits per heavy atom. The number of ether oxygens (including phenoxy) is 1. The summed E-state index contributed by atoms with van der Waals surface area (Å²) in [5.74, 6) is -3.34. The number of thiophene rings is 1. The first kappa shape index (κ1) is 18.0. The third-order valence-electron chi connectivity index (χ3n) is 3.73. The number of benzene rings is 1. The van der Waals surface area contributed by atoms with E-state index in [2.05, 4.69) is 0 Å². The van der Waals surface area contributed by atoms with Crippen LogP contribution < -0.4 is 4.74 Å². The lowest BCUT2D eigenvalue weighted by Gasteiger charge is -2.05. The molecule has 0 saturated carbocycles. The van der Waals surface area contributed by atoms with Crippen LogP contribution in [0, 0.1) is 12.7 Å². The predicted molar refractivity (Wildman–Crippen MR) is 88.6 cm³/mol. The van der Waals surface area contributed by atoms with Crippen molar-refractivity contribution in [3.05, 3.63) is 45.5 Å². The molecule has 0 unspecified atom stereocenters. The number of fused-ring (bicyclic) bond motifs is 1. The van der Waals surface area contributed by atoms with Crippen molar-refractivity contribution in [2.45, 2.75) is 20.3 Å². The number of hydrogen-bond acceptors (Lipinski definition) is 5. The van der Waals surface area contributed by atoms with Crippen LogP contribution in [-0.4, -0.2) is 21.6 Å². The van der Waals surface area contributed by atoms with Gasteiger partial charge in [-0.05, 0) is 31.2 Å². The summed E-state index contributed by atoms with van der Waals surface area (Å²) >= 11 is 0.620. The van der Waals surface area contributed by atoms with Crippen LogP contribution in [0.1, 0.15) is 33.6 Å². The van der Waals surface area contributed by atoms with Crippen LogP contribution >= 0.6 is 11.3 Å². The van der Waals surface area contributed by atoms with E-state index in [0.717, 1.165) is 23.6 Å². The lowest BCUT2D eigenvalue weighted by Crippen LogP contribution is -2.12. The molecule has 0 aliphatic rings. The summed E-state index contributed by atoms with van der Waals surface area (Å²) in [5, 5.41) is 9.37. The first-order valence-electron chi connectivity index (χ1n) is 7.35. The molecule has 3 rings (SSSR count). The minimum Gasteiger partial charge on any atom is -0.505 e. The molecule has 0 spiro atoms. The summed E-state index contributed by atoms with van der Waals surface area (Å²) in [6, 6.07) is 4.73. The van der Waals surface area contributed by atoms with Gasteiger partial charge in [0.25, 0.3) is 12.3 Å². The number of halogens is 3. The highest BCUT2D eigenvalue weighted by atomic mass is 32.1. The van der Waals surface area contributed by atoms with E-state index in [1.807, 2.05) is 0 Å². The number of nitrogens with zero attached hydrogens (tertiary/aromatic N) is 1. The van der Waals surface area contributed by atoms with Crippen LogP contribution in [-0.2, 0) is 4.79 Å². The molecule has 0 bridgehead atoms. The topological polar surface area (TPSA) is 68.5 Å². The zero-order chi connectivity index (χ0) is 19.2. The Hall–Kier alpha value is -2.81.